The fourth-order valence-electron chi connectivity index (χ4n) is 1.60. The standard InChI is InChI=1S/C12H20N2O2S/c1-3-8-14(9-10-17(2,15)16)12-6-4-11(13)5-7-12/h4-7H,3,8-10,13H2,1-2H3. The van der Waals surface area contributed by atoms with Gasteiger partial charge in [0.2, 0.25) is 0 Å². The molecule has 0 aliphatic carbocycles. The molecule has 0 aromatic heterocycles. The number of hydrogen-bond donors (Lipinski definition) is 1. The van der Waals surface area contributed by atoms with Crippen LogP contribution in [-0.4, -0.2) is 33.5 Å². The summed E-state index contributed by atoms with van der Waals surface area (Å²) in [4.78, 5) is 2.07. The molecule has 0 saturated carbocycles. The van der Waals surface area contributed by atoms with Crippen LogP contribution in [0.15, 0.2) is 24.3 Å². The van der Waals surface area contributed by atoms with Crippen LogP contribution < -0.4 is 10.6 Å². The van der Waals surface area contributed by atoms with E-state index in [1.165, 1.54) is 6.26 Å². The van der Waals surface area contributed by atoms with Gasteiger partial charge in [0.1, 0.15) is 9.84 Å². The van der Waals surface area contributed by atoms with Crippen LogP contribution in [0.1, 0.15) is 13.3 Å². The highest BCUT2D eigenvalue weighted by molar-refractivity contribution is 7.90. The average molecular weight is 256 g/mol. The van der Waals surface area contributed by atoms with E-state index in [1.807, 2.05) is 24.3 Å². The molecular formula is C12H20N2O2S. The highest BCUT2D eigenvalue weighted by atomic mass is 32.2. The lowest BCUT2D eigenvalue weighted by molar-refractivity contribution is 0.600. The molecule has 0 bridgehead atoms. The van der Waals surface area contributed by atoms with Crippen LogP contribution in [0.25, 0.3) is 0 Å². The maximum absolute atomic E-state index is 11.2. The highest BCUT2D eigenvalue weighted by Gasteiger charge is 2.09. The van der Waals surface area contributed by atoms with Crippen LogP contribution in [0.2, 0.25) is 0 Å². The van der Waals surface area contributed by atoms with Gasteiger partial charge < -0.3 is 10.6 Å². The van der Waals surface area contributed by atoms with E-state index in [1.54, 1.807) is 0 Å². The molecule has 0 amide bonds. The van der Waals surface area contributed by atoms with Crippen molar-refractivity contribution in [1.29, 1.82) is 0 Å². The lowest BCUT2D eigenvalue weighted by Gasteiger charge is -2.24. The molecule has 2 N–H and O–H groups in total. The topological polar surface area (TPSA) is 63.4 Å². The molecule has 0 heterocycles. The van der Waals surface area contributed by atoms with Crippen molar-refractivity contribution in [3.05, 3.63) is 24.3 Å². The Kier molecular flexibility index (Phi) is 4.81. The zero-order chi connectivity index (χ0) is 12.9. The molecule has 0 atom stereocenters. The van der Waals surface area contributed by atoms with Gasteiger partial charge in [0.05, 0.1) is 5.75 Å². The van der Waals surface area contributed by atoms with E-state index in [0.29, 0.717) is 12.2 Å². The summed E-state index contributed by atoms with van der Waals surface area (Å²) in [6, 6.07) is 7.51. The van der Waals surface area contributed by atoms with Crippen molar-refractivity contribution in [2.24, 2.45) is 0 Å². The van der Waals surface area contributed by atoms with Gasteiger partial charge >= 0.3 is 0 Å². The second-order valence-electron chi connectivity index (χ2n) is 4.21. The number of nitrogen functional groups attached to an aromatic ring is 1. The normalized spacial score (nSPS) is 11.4. The van der Waals surface area contributed by atoms with E-state index < -0.39 is 9.84 Å². The van der Waals surface area contributed by atoms with Crippen LogP contribution in [0.4, 0.5) is 11.4 Å². The summed E-state index contributed by atoms with van der Waals surface area (Å²) < 4.78 is 22.4. The van der Waals surface area contributed by atoms with Gasteiger partial charge in [0.15, 0.2) is 0 Å². The minimum atomic E-state index is -2.92. The van der Waals surface area contributed by atoms with Gasteiger partial charge in [0.25, 0.3) is 0 Å². The Hall–Kier alpha value is -1.23. The van der Waals surface area contributed by atoms with Crippen molar-refractivity contribution in [2.45, 2.75) is 13.3 Å². The number of nitrogens with two attached hydrogens (primary N) is 1. The minimum Gasteiger partial charge on any atom is -0.399 e. The number of anilines is 2. The van der Waals surface area contributed by atoms with E-state index in [4.69, 9.17) is 5.73 Å². The monoisotopic (exact) mass is 256 g/mol. The lowest BCUT2D eigenvalue weighted by atomic mass is 10.2. The summed E-state index contributed by atoms with van der Waals surface area (Å²) in [7, 11) is -2.92. The first kappa shape index (κ1) is 13.8. The molecule has 5 heteroatoms. The molecule has 0 saturated heterocycles. The second-order valence-corrected chi connectivity index (χ2v) is 6.47. The van der Waals surface area contributed by atoms with Gasteiger partial charge in [-0.2, -0.15) is 0 Å². The van der Waals surface area contributed by atoms with E-state index in [9.17, 15) is 8.42 Å². The molecule has 0 fully saturated rings. The molecular weight excluding hydrogens is 236 g/mol. The second kappa shape index (κ2) is 5.91. The first-order valence-corrected chi connectivity index (χ1v) is 7.76. The highest BCUT2D eigenvalue weighted by Crippen LogP contribution is 2.16. The molecule has 96 valence electrons. The van der Waals surface area contributed by atoms with Crippen LogP contribution >= 0.6 is 0 Å². The average Bonchev–Trinajstić information content (AvgIpc) is 2.24. The number of hydrogen-bond acceptors (Lipinski definition) is 4. The Labute approximate surface area is 103 Å². The lowest BCUT2D eigenvalue weighted by Crippen LogP contribution is -2.29. The third-order valence-electron chi connectivity index (χ3n) is 2.48. The van der Waals surface area contributed by atoms with Crippen molar-refractivity contribution in [3.63, 3.8) is 0 Å². The largest absolute Gasteiger partial charge is 0.399 e. The number of rotatable bonds is 6. The molecule has 1 aromatic carbocycles. The first-order valence-electron chi connectivity index (χ1n) is 5.70. The third kappa shape index (κ3) is 5.08. The molecule has 0 aliphatic heterocycles. The molecule has 1 rings (SSSR count). The number of sulfone groups is 1. The quantitative estimate of drug-likeness (QED) is 0.784. The Morgan fingerprint density at radius 1 is 1.18 bits per heavy atom. The van der Waals surface area contributed by atoms with Gasteiger partial charge in [-0.25, -0.2) is 8.42 Å². The zero-order valence-electron chi connectivity index (χ0n) is 10.4. The van der Waals surface area contributed by atoms with Crippen LogP contribution in [0.5, 0.6) is 0 Å². The molecule has 0 spiro atoms. The Balaban J connectivity index is 2.75. The minimum absolute atomic E-state index is 0.178. The first-order chi connectivity index (χ1) is 7.92. The van der Waals surface area contributed by atoms with Crippen LogP contribution in [-0.2, 0) is 9.84 Å². The maximum Gasteiger partial charge on any atom is 0.149 e. The van der Waals surface area contributed by atoms with Crippen molar-refractivity contribution in [2.75, 3.05) is 35.7 Å². The summed E-state index contributed by atoms with van der Waals surface area (Å²) in [5, 5.41) is 0. The van der Waals surface area contributed by atoms with Gasteiger partial charge in [-0.15, -0.1) is 0 Å². The summed E-state index contributed by atoms with van der Waals surface area (Å²) in [5.41, 5.74) is 7.36. The van der Waals surface area contributed by atoms with E-state index in [0.717, 1.165) is 18.7 Å². The molecule has 1 aromatic rings. The van der Waals surface area contributed by atoms with Gasteiger partial charge in [0, 0.05) is 30.7 Å². The predicted molar refractivity (Wildman–Crippen MR) is 73.1 cm³/mol. The van der Waals surface area contributed by atoms with E-state index in [-0.39, 0.29) is 5.75 Å². The van der Waals surface area contributed by atoms with Gasteiger partial charge in [-0.05, 0) is 30.7 Å². The fourth-order valence-corrected chi connectivity index (χ4v) is 2.15. The Bertz CT molecular complexity index is 440. The third-order valence-corrected chi connectivity index (χ3v) is 3.41. The van der Waals surface area contributed by atoms with Crippen LogP contribution in [0.3, 0.4) is 0 Å². The molecule has 0 radical (unpaired) electrons. The van der Waals surface area contributed by atoms with Crippen molar-refractivity contribution >= 4 is 21.2 Å². The zero-order valence-corrected chi connectivity index (χ0v) is 11.2. The van der Waals surface area contributed by atoms with Gasteiger partial charge in [-0.3, -0.25) is 0 Å². The number of nitrogens with zero attached hydrogens (tertiary/aromatic N) is 1. The fraction of sp³-hybridized carbons (Fsp3) is 0.500. The predicted octanol–water partition coefficient (Wildman–Crippen LogP) is 1.53. The van der Waals surface area contributed by atoms with Crippen molar-refractivity contribution in [3.8, 4) is 0 Å². The Morgan fingerprint density at radius 2 is 1.76 bits per heavy atom. The summed E-state index contributed by atoms with van der Waals surface area (Å²) in [6.45, 7) is 3.45. The SMILES string of the molecule is CCCN(CCS(C)(=O)=O)c1ccc(N)cc1. The summed E-state index contributed by atoms with van der Waals surface area (Å²) >= 11 is 0. The Morgan fingerprint density at radius 3 is 2.24 bits per heavy atom. The molecule has 0 unspecified atom stereocenters. The van der Waals surface area contributed by atoms with Crippen molar-refractivity contribution < 1.29 is 8.42 Å². The molecule has 17 heavy (non-hydrogen) atoms. The van der Waals surface area contributed by atoms with E-state index >= 15 is 0 Å². The molecule has 4 nitrogen and oxygen atoms in total. The smallest absolute Gasteiger partial charge is 0.149 e. The van der Waals surface area contributed by atoms with Gasteiger partial charge in [-0.1, -0.05) is 6.92 Å². The summed E-state index contributed by atoms with van der Waals surface area (Å²) in [6.07, 6.45) is 2.24. The van der Waals surface area contributed by atoms with E-state index in [2.05, 4.69) is 11.8 Å². The van der Waals surface area contributed by atoms with Crippen LogP contribution in [0, 0.1) is 0 Å². The van der Waals surface area contributed by atoms with Crippen molar-refractivity contribution in [1.82, 2.24) is 0 Å². The molecule has 0 aliphatic rings. The summed E-state index contributed by atoms with van der Waals surface area (Å²) in [5.74, 6) is 0.178. The maximum atomic E-state index is 11.2. The number of benzene rings is 1.